The maximum atomic E-state index is 14.8. The molecule has 0 radical (unpaired) electrons. The highest BCUT2D eigenvalue weighted by Gasteiger charge is 2.20. The van der Waals surface area contributed by atoms with Crippen LogP contribution in [0.15, 0.2) is 65.7 Å². The van der Waals surface area contributed by atoms with Gasteiger partial charge in [0.2, 0.25) is 0 Å². The molecule has 3 aromatic rings. The van der Waals surface area contributed by atoms with Crippen molar-refractivity contribution in [1.82, 2.24) is 4.90 Å². The normalized spacial score (nSPS) is 13.0. The molecule has 0 saturated carbocycles. The zero-order valence-electron chi connectivity index (χ0n) is 17.5. The molecule has 0 spiro atoms. The van der Waals surface area contributed by atoms with Crippen LogP contribution in [0.1, 0.15) is 26.3 Å². The minimum atomic E-state index is -0.691. The fourth-order valence-electron chi connectivity index (χ4n) is 3.42. The van der Waals surface area contributed by atoms with Crippen LogP contribution in [0.2, 0.25) is 10.0 Å². The minimum Gasteiger partial charge on any atom is -0.358 e. The van der Waals surface area contributed by atoms with Crippen molar-refractivity contribution in [3.8, 4) is 0 Å². The van der Waals surface area contributed by atoms with Crippen molar-refractivity contribution in [3.05, 3.63) is 93.2 Å². The highest BCUT2D eigenvalue weighted by atomic mass is 35.5. The summed E-state index contributed by atoms with van der Waals surface area (Å²) in [6.07, 6.45) is 0. The topological polar surface area (TPSA) is 73.8 Å². The Kier molecular flexibility index (Phi) is 6.62. The van der Waals surface area contributed by atoms with E-state index in [-0.39, 0.29) is 16.8 Å². The molecule has 1 heterocycles. The fraction of sp³-hybridized carbons (Fsp3) is 0.125. The van der Waals surface area contributed by atoms with Gasteiger partial charge in [-0.15, -0.1) is 0 Å². The smallest absolute Gasteiger partial charge is 0.258 e. The molecule has 0 unspecified atom stereocenters. The Labute approximate surface area is 200 Å². The Bertz CT molecular complexity index is 1260. The van der Waals surface area contributed by atoms with E-state index < -0.39 is 17.6 Å². The van der Waals surface area contributed by atoms with Crippen LogP contribution in [-0.2, 0) is 0 Å². The number of hydrogen-bond donors (Lipinski definition) is 2. The van der Waals surface area contributed by atoms with Gasteiger partial charge in [0.25, 0.3) is 11.8 Å². The molecule has 1 aliphatic heterocycles. The molecule has 4 rings (SSSR count). The van der Waals surface area contributed by atoms with E-state index in [4.69, 9.17) is 23.2 Å². The van der Waals surface area contributed by atoms with Gasteiger partial charge in [0, 0.05) is 34.9 Å². The second-order valence-electron chi connectivity index (χ2n) is 7.43. The summed E-state index contributed by atoms with van der Waals surface area (Å²) < 4.78 is 14.8. The van der Waals surface area contributed by atoms with Gasteiger partial charge < -0.3 is 15.5 Å². The van der Waals surface area contributed by atoms with Crippen LogP contribution in [0.4, 0.5) is 15.8 Å². The van der Waals surface area contributed by atoms with Gasteiger partial charge >= 0.3 is 0 Å². The van der Waals surface area contributed by atoms with E-state index in [1.807, 2.05) is 11.9 Å². The highest BCUT2D eigenvalue weighted by molar-refractivity contribution is 6.31. The monoisotopic (exact) mass is 484 g/mol. The maximum Gasteiger partial charge on any atom is 0.258 e. The number of amides is 2. The van der Waals surface area contributed by atoms with Crippen LogP contribution in [0.5, 0.6) is 0 Å². The molecule has 0 atom stereocenters. The van der Waals surface area contributed by atoms with Crippen molar-refractivity contribution in [2.75, 3.05) is 30.8 Å². The first-order chi connectivity index (χ1) is 15.8. The van der Waals surface area contributed by atoms with Crippen molar-refractivity contribution in [1.29, 1.82) is 0 Å². The average molecular weight is 485 g/mol. The van der Waals surface area contributed by atoms with Gasteiger partial charge in [-0.2, -0.15) is 0 Å². The number of rotatable bonds is 5. The summed E-state index contributed by atoms with van der Waals surface area (Å²) in [6.45, 7) is 1.41. The quantitative estimate of drug-likeness (QED) is 0.513. The van der Waals surface area contributed by atoms with Crippen LogP contribution in [0.3, 0.4) is 0 Å². The predicted molar refractivity (Wildman–Crippen MR) is 129 cm³/mol. The van der Waals surface area contributed by atoms with Crippen molar-refractivity contribution < 1.29 is 14.0 Å². The van der Waals surface area contributed by atoms with Gasteiger partial charge in [-0.3, -0.25) is 14.6 Å². The van der Waals surface area contributed by atoms with Gasteiger partial charge in [-0.25, -0.2) is 4.39 Å². The lowest BCUT2D eigenvalue weighted by molar-refractivity contribution is 0.102. The molecule has 1 aliphatic rings. The summed E-state index contributed by atoms with van der Waals surface area (Å²) in [5.41, 5.74) is 1.28. The molecule has 0 aromatic heterocycles. The lowest BCUT2D eigenvalue weighted by atomic mass is 10.1. The summed E-state index contributed by atoms with van der Waals surface area (Å²) in [5.74, 6) is -1.19. The summed E-state index contributed by atoms with van der Waals surface area (Å²) >= 11 is 11.9. The molecular weight excluding hydrogens is 466 g/mol. The molecule has 33 heavy (non-hydrogen) atoms. The van der Waals surface area contributed by atoms with Crippen LogP contribution >= 0.6 is 23.2 Å². The summed E-state index contributed by atoms with van der Waals surface area (Å²) in [5, 5.41) is 6.17. The lowest BCUT2D eigenvalue weighted by Gasteiger charge is -2.15. The average Bonchev–Trinajstić information content (AvgIpc) is 3.22. The van der Waals surface area contributed by atoms with E-state index in [1.165, 1.54) is 30.3 Å². The zero-order valence-corrected chi connectivity index (χ0v) is 19.0. The van der Waals surface area contributed by atoms with Crippen molar-refractivity contribution in [3.63, 3.8) is 0 Å². The van der Waals surface area contributed by atoms with Gasteiger partial charge in [0.05, 0.1) is 23.4 Å². The second-order valence-corrected chi connectivity index (χ2v) is 8.30. The van der Waals surface area contributed by atoms with Gasteiger partial charge in [-0.05, 0) is 54.6 Å². The van der Waals surface area contributed by atoms with E-state index in [2.05, 4.69) is 15.6 Å². The van der Waals surface area contributed by atoms with Gasteiger partial charge in [0.1, 0.15) is 11.7 Å². The lowest BCUT2D eigenvalue weighted by Crippen LogP contribution is -2.24. The van der Waals surface area contributed by atoms with Crippen LogP contribution in [0.25, 0.3) is 0 Å². The number of halogens is 3. The summed E-state index contributed by atoms with van der Waals surface area (Å²) in [7, 11) is 1.88. The number of carbonyl (C=O) groups is 2. The fourth-order valence-corrected chi connectivity index (χ4v) is 3.72. The van der Waals surface area contributed by atoms with Crippen molar-refractivity contribution in [2.24, 2.45) is 4.99 Å². The molecule has 6 nitrogen and oxygen atoms in total. The minimum absolute atomic E-state index is 0.129. The summed E-state index contributed by atoms with van der Waals surface area (Å²) in [4.78, 5) is 31.9. The third kappa shape index (κ3) is 5.16. The molecule has 0 fully saturated rings. The van der Waals surface area contributed by atoms with Crippen molar-refractivity contribution in [2.45, 2.75) is 0 Å². The maximum absolute atomic E-state index is 14.8. The van der Waals surface area contributed by atoms with Gasteiger partial charge in [-0.1, -0.05) is 29.3 Å². The number of anilines is 2. The van der Waals surface area contributed by atoms with Crippen LogP contribution in [0, 0.1) is 5.82 Å². The SMILES string of the molecule is CN1CCN=C1c1ccc(C(=O)Nc2ccc(Cl)cc2C(=O)Nc2ccc(Cl)cc2)c(F)c1. The standard InChI is InChI=1S/C24H19Cl2FN4O2/c1-31-11-10-28-22(31)14-2-8-18(20(27)12-14)23(32)30-21-9-5-16(26)13-19(21)24(33)29-17-6-3-15(25)4-7-17/h2-9,12-13H,10-11H2,1H3,(H,29,33)(H,30,32). The highest BCUT2D eigenvalue weighted by Crippen LogP contribution is 2.24. The third-order valence-corrected chi connectivity index (χ3v) is 5.59. The van der Waals surface area contributed by atoms with E-state index in [9.17, 15) is 14.0 Å². The Morgan fingerprint density at radius 1 is 0.909 bits per heavy atom. The molecule has 0 saturated heterocycles. The van der Waals surface area contributed by atoms with E-state index in [0.29, 0.717) is 33.7 Å². The number of carbonyl (C=O) groups excluding carboxylic acids is 2. The van der Waals surface area contributed by atoms with Crippen LogP contribution in [-0.4, -0.2) is 42.7 Å². The first-order valence-corrected chi connectivity index (χ1v) is 10.8. The number of nitrogens with one attached hydrogen (secondary N) is 2. The molecule has 168 valence electrons. The summed E-state index contributed by atoms with van der Waals surface area (Å²) in [6, 6.07) is 15.3. The van der Waals surface area contributed by atoms with E-state index in [0.717, 1.165) is 6.54 Å². The second kappa shape index (κ2) is 9.60. The Balaban J connectivity index is 1.56. The van der Waals surface area contributed by atoms with E-state index >= 15 is 0 Å². The van der Waals surface area contributed by atoms with Crippen LogP contribution < -0.4 is 10.6 Å². The number of aliphatic imine (C=N–C) groups is 1. The number of amidine groups is 1. The van der Waals surface area contributed by atoms with Gasteiger partial charge in [0.15, 0.2) is 0 Å². The van der Waals surface area contributed by atoms with E-state index in [1.54, 1.807) is 30.3 Å². The van der Waals surface area contributed by atoms with Crippen molar-refractivity contribution >= 4 is 52.2 Å². The molecule has 0 bridgehead atoms. The molecular formula is C24H19Cl2FN4O2. The zero-order chi connectivity index (χ0) is 23.5. The number of benzene rings is 3. The third-order valence-electron chi connectivity index (χ3n) is 5.11. The molecule has 3 aromatic carbocycles. The first-order valence-electron chi connectivity index (χ1n) is 10.0. The molecule has 2 amide bonds. The molecule has 9 heteroatoms. The molecule has 2 N–H and O–H groups in total. The molecule has 0 aliphatic carbocycles. The predicted octanol–water partition coefficient (Wildman–Crippen LogP) is 5.33. The Morgan fingerprint density at radius 3 is 2.27 bits per heavy atom. The first kappa shape index (κ1) is 22.8. The Hall–Kier alpha value is -3.42. The number of nitrogens with zero attached hydrogens (tertiary/aromatic N) is 2. The largest absolute Gasteiger partial charge is 0.358 e. The Morgan fingerprint density at radius 2 is 1.61 bits per heavy atom. The number of likely N-dealkylation sites (N-methyl/N-ethyl adjacent to an activating group) is 1. The number of hydrogen-bond acceptors (Lipinski definition) is 4.